The molecule has 1 fully saturated rings. The lowest BCUT2D eigenvalue weighted by atomic mass is 9.99. The Hall–Kier alpha value is -2.90. The zero-order valence-corrected chi connectivity index (χ0v) is 48.6. The highest BCUT2D eigenvalue weighted by Crippen LogP contribution is 2.26. The number of esters is 1. The summed E-state index contributed by atoms with van der Waals surface area (Å²) in [5.74, 6) is -1.22. The van der Waals surface area contributed by atoms with Crippen LogP contribution in [-0.2, 0) is 23.8 Å². The van der Waals surface area contributed by atoms with Crippen molar-refractivity contribution in [3.8, 4) is 0 Å². The van der Waals surface area contributed by atoms with Crippen LogP contribution in [0.4, 0.5) is 0 Å². The number of aliphatic hydroxyl groups excluding tert-OH is 5. The first-order valence-corrected chi connectivity index (χ1v) is 31.2. The lowest BCUT2D eigenvalue weighted by molar-refractivity contribution is -0.305. The predicted octanol–water partition coefficient (Wildman–Crippen LogP) is 14.8. The number of unbranched alkanes of at least 4 members (excludes halogenated alkanes) is 30. The van der Waals surface area contributed by atoms with Gasteiger partial charge in [0.2, 0.25) is 5.91 Å². The maximum absolute atomic E-state index is 13.4. The monoisotopic (exact) mass is 1070 g/mol. The highest BCUT2D eigenvalue weighted by Gasteiger charge is 2.47. The Morgan fingerprint density at radius 2 is 1.00 bits per heavy atom. The third kappa shape index (κ3) is 40.3. The van der Waals surface area contributed by atoms with Gasteiger partial charge in [0.05, 0.1) is 25.4 Å². The summed E-state index contributed by atoms with van der Waals surface area (Å²) < 4.78 is 17.6. The third-order valence-electron chi connectivity index (χ3n) is 14.4. The molecule has 11 heteroatoms. The zero-order chi connectivity index (χ0) is 55.4. The number of carbonyl (C=O) groups is 2. The smallest absolute Gasteiger partial charge is 0.306 e. The van der Waals surface area contributed by atoms with Crippen LogP contribution in [0.25, 0.3) is 0 Å². The Morgan fingerprint density at radius 3 is 1.54 bits per heavy atom. The van der Waals surface area contributed by atoms with Crippen molar-refractivity contribution in [1.82, 2.24) is 5.32 Å². The number of rotatable bonds is 52. The molecule has 11 nitrogen and oxygen atoms in total. The molecule has 1 saturated heterocycles. The molecule has 1 aliphatic rings. The number of hydrogen-bond donors (Lipinski definition) is 6. The number of ether oxygens (including phenoxy) is 3. The van der Waals surface area contributed by atoms with Crippen LogP contribution in [0.5, 0.6) is 0 Å². The molecule has 1 heterocycles. The average molecular weight is 1070 g/mol. The van der Waals surface area contributed by atoms with Gasteiger partial charge in [-0.2, -0.15) is 0 Å². The van der Waals surface area contributed by atoms with E-state index in [1.165, 1.54) is 135 Å². The Kier molecular flexibility index (Phi) is 49.4. The lowest BCUT2D eigenvalue weighted by Gasteiger charge is -2.41. The quantitative estimate of drug-likeness (QED) is 0.0149. The molecule has 0 bridgehead atoms. The maximum Gasteiger partial charge on any atom is 0.306 e. The number of allylic oxidation sites excluding steroid dienone is 11. The summed E-state index contributed by atoms with van der Waals surface area (Å²) in [5, 5.41) is 56.9. The van der Waals surface area contributed by atoms with Crippen LogP contribution in [-0.4, -0.2) is 99.6 Å². The van der Waals surface area contributed by atoms with Crippen LogP contribution in [0.3, 0.4) is 0 Å². The Bertz CT molecular complexity index is 1510. The van der Waals surface area contributed by atoms with Crippen molar-refractivity contribution in [2.75, 3.05) is 13.2 Å². The van der Waals surface area contributed by atoms with Gasteiger partial charge in [0, 0.05) is 6.42 Å². The lowest BCUT2D eigenvalue weighted by Crippen LogP contribution is -2.61. The first-order chi connectivity index (χ1) is 37.2. The SMILES string of the molecule is CC/C=C/C=C/C=C\CCCCCCCC(=O)OC1C(OCC(NC(=O)C(O)CCCCCCCCCCCCCC/C=C\C/C=C\CCCCC)C(O)/C=C/CCCCCCCCCCCC)OC(CO)C(O)C1O. The minimum Gasteiger partial charge on any atom is -0.454 e. The van der Waals surface area contributed by atoms with E-state index in [1.54, 1.807) is 6.08 Å². The van der Waals surface area contributed by atoms with Gasteiger partial charge in [-0.15, -0.1) is 0 Å². The van der Waals surface area contributed by atoms with Crippen molar-refractivity contribution in [2.45, 2.75) is 314 Å². The Morgan fingerprint density at radius 1 is 0.539 bits per heavy atom. The van der Waals surface area contributed by atoms with E-state index in [2.05, 4.69) is 68.6 Å². The van der Waals surface area contributed by atoms with Gasteiger partial charge >= 0.3 is 5.97 Å². The molecule has 6 N–H and O–H groups in total. The number of carbonyl (C=O) groups excluding carboxylic acids is 2. The molecule has 1 aliphatic heterocycles. The van der Waals surface area contributed by atoms with Gasteiger partial charge in [-0.05, 0) is 77.0 Å². The van der Waals surface area contributed by atoms with E-state index >= 15 is 0 Å². The normalized spacial score (nSPS) is 19.6. The van der Waals surface area contributed by atoms with E-state index in [0.29, 0.717) is 12.8 Å². The molecule has 1 amide bonds. The van der Waals surface area contributed by atoms with E-state index in [9.17, 15) is 35.1 Å². The highest BCUT2D eigenvalue weighted by molar-refractivity contribution is 5.80. The van der Waals surface area contributed by atoms with E-state index in [-0.39, 0.29) is 19.4 Å². The molecule has 8 unspecified atom stereocenters. The fourth-order valence-corrected chi connectivity index (χ4v) is 9.45. The fraction of sp³-hybridized carbons (Fsp3) is 0.785. The standard InChI is InChI=1S/C65H115NO10/c1-4-7-10-13-16-19-22-25-26-27-28-29-30-31-32-33-35-37-40-43-46-49-52-58(69)64(73)66-56(57(68)51-48-45-42-39-36-24-21-18-15-12-9-6-3)55-74-65-63(62(72)61(71)59(54-67)75-65)76-60(70)53-50-47-44-41-38-34-23-20-17-14-11-8-5-2/h8,11,14,16-17,19-20,23,25-26,48,51,56-59,61-63,65,67-69,71-72H,4-7,9-10,12-13,15,18,21-22,24,27-47,49-50,52-55H2,1-3H3,(H,66,73)/b11-8+,17-14+,19-16-,23-20-,26-25-,51-48+. The van der Waals surface area contributed by atoms with Crippen LogP contribution in [0.15, 0.2) is 72.9 Å². The number of nitrogens with one attached hydrogen (secondary N) is 1. The van der Waals surface area contributed by atoms with Crippen LogP contribution in [0.1, 0.15) is 265 Å². The summed E-state index contributed by atoms with van der Waals surface area (Å²) in [6.45, 7) is 5.62. The van der Waals surface area contributed by atoms with Gasteiger partial charge in [0.15, 0.2) is 12.4 Å². The molecule has 8 atom stereocenters. The second kappa shape index (κ2) is 52.8. The summed E-state index contributed by atoms with van der Waals surface area (Å²) in [6.07, 6.45) is 56.6. The third-order valence-corrected chi connectivity index (χ3v) is 14.4. The molecule has 0 aromatic carbocycles. The van der Waals surface area contributed by atoms with Crippen LogP contribution in [0.2, 0.25) is 0 Å². The number of aliphatic hydroxyl groups is 5. The molecule has 0 spiro atoms. The van der Waals surface area contributed by atoms with Gasteiger partial charge in [-0.25, -0.2) is 0 Å². The van der Waals surface area contributed by atoms with Crippen LogP contribution in [0, 0.1) is 0 Å². The first-order valence-electron chi connectivity index (χ1n) is 31.2. The van der Waals surface area contributed by atoms with Crippen molar-refractivity contribution in [3.05, 3.63) is 72.9 Å². The largest absolute Gasteiger partial charge is 0.454 e. The van der Waals surface area contributed by atoms with E-state index in [1.807, 2.05) is 24.3 Å². The van der Waals surface area contributed by atoms with Gasteiger partial charge in [-0.3, -0.25) is 9.59 Å². The summed E-state index contributed by atoms with van der Waals surface area (Å²) in [5.41, 5.74) is 0. The topological polar surface area (TPSA) is 175 Å². The molecular weight excluding hydrogens is 955 g/mol. The van der Waals surface area contributed by atoms with Gasteiger partial charge < -0.3 is 45.1 Å². The summed E-state index contributed by atoms with van der Waals surface area (Å²) in [4.78, 5) is 26.5. The first kappa shape index (κ1) is 71.1. The fourth-order valence-electron chi connectivity index (χ4n) is 9.45. The van der Waals surface area contributed by atoms with Crippen molar-refractivity contribution >= 4 is 11.9 Å². The molecule has 440 valence electrons. The van der Waals surface area contributed by atoms with Gasteiger partial charge in [0.1, 0.15) is 24.4 Å². The van der Waals surface area contributed by atoms with E-state index in [0.717, 1.165) is 83.5 Å². The summed E-state index contributed by atoms with van der Waals surface area (Å²) in [7, 11) is 0. The molecule has 0 radical (unpaired) electrons. The highest BCUT2D eigenvalue weighted by atomic mass is 16.7. The number of amides is 1. The van der Waals surface area contributed by atoms with Crippen LogP contribution >= 0.6 is 0 Å². The van der Waals surface area contributed by atoms with Gasteiger partial charge in [-0.1, -0.05) is 254 Å². The molecule has 76 heavy (non-hydrogen) atoms. The van der Waals surface area contributed by atoms with Gasteiger partial charge in [0.25, 0.3) is 0 Å². The van der Waals surface area contributed by atoms with Crippen molar-refractivity contribution < 1.29 is 49.3 Å². The minimum absolute atomic E-state index is 0.0988. The average Bonchev–Trinajstić information content (AvgIpc) is 3.42. The molecule has 0 aliphatic carbocycles. The molecule has 0 saturated carbocycles. The Balaban J connectivity index is 2.65. The van der Waals surface area contributed by atoms with E-state index < -0.39 is 67.4 Å². The maximum atomic E-state index is 13.4. The Labute approximate surface area is 464 Å². The van der Waals surface area contributed by atoms with Crippen LogP contribution < -0.4 is 5.32 Å². The molecule has 0 aromatic heterocycles. The summed E-state index contributed by atoms with van der Waals surface area (Å²) in [6, 6.07) is -1.03. The molecule has 1 rings (SSSR count). The van der Waals surface area contributed by atoms with Crippen molar-refractivity contribution in [1.29, 1.82) is 0 Å². The number of hydrogen-bond acceptors (Lipinski definition) is 10. The second-order valence-electron chi connectivity index (χ2n) is 21.5. The summed E-state index contributed by atoms with van der Waals surface area (Å²) >= 11 is 0. The molecule has 0 aromatic rings. The zero-order valence-electron chi connectivity index (χ0n) is 48.6. The van der Waals surface area contributed by atoms with Crippen molar-refractivity contribution in [2.24, 2.45) is 0 Å². The van der Waals surface area contributed by atoms with E-state index in [4.69, 9.17) is 14.2 Å². The predicted molar refractivity (Wildman–Crippen MR) is 315 cm³/mol. The molecular formula is C65H115NO10. The minimum atomic E-state index is -1.62. The second-order valence-corrected chi connectivity index (χ2v) is 21.5. The van der Waals surface area contributed by atoms with Crippen molar-refractivity contribution in [3.63, 3.8) is 0 Å².